The quantitative estimate of drug-likeness (QED) is 0.880. The number of aryl methyl sites for hydroxylation is 1. The molecule has 1 spiro atoms. The van der Waals surface area contributed by atoms with E-state index in [0.717, 1.165) is 35.8 Å². The van der Waals surface area contributed by atoms with E-state index in [4.69, 9.17) is 14.2 Å². The van der Waals surface area contributed by atoms with Crippen molar-refractivity contribution in [2.75, 3.05) is 31.6 Å². The lowest BCUT2D eigenvalue weighted by Crippen LogP contribution is -2.42. The predicted octanol–water partition coefficient (Wildman–Crippen LogP) is 1.91. The number of carbonyl (C=O) groups excluding carboxylic acids is 1. The Morgan fingerprint density at radius 2 is 2.30 bits per heavy atom. The summed E-state index contributed by atoms with van der Waals surface area (Å²) in [6, 6.07) is 1.60. The maximum atomic E-state index is 12.7. The van der Waals surface area contributed by atoms with Gasteiger partial charge in [-0.1, -0.05) is 5.16 Å². The van der Waals surface area contributed by atoms with Gasteiger partial charge in [0.2, 0.25) is 11.7 Å². The fraction of sp³-hybridized carbons (Fsp3) is 0.579. The average Bonchev–Trinajstić information content (AvgIpc) is 3.16. The van der Waals surface area contributed by atoms with Gasteiger partial charge in [-0.2, -0.15) is 0 Å². The summed E-state index contributed by atoms with van der Waals surface area (Å²) in [7, 11) is 0. The summed E-state index contributed by atoms with van der Waals surface area (Å²) in [5, 5.41) is 7.03. The Bertz CT molecular complexity index is 864. The molecule has 2 fully saturated rings. The average molecular weight is 369 g/mol. The van der Waals surface area contributed by atoms with Crippen molar-refractivity contribution in [2.24, 2.45) is 5.92 Å². The van der Waals surface area contributed by atoms with E-state index in [2.05, 4.69) is 15.5 Å². The van der Waals surface area contributed by atoms with Crippen LogP contribution in [-0.2, 0) is 16.8 Å². The van der Waals surface area contributed by atoms with Crippen molar-refractivity contribution in [3.05, 3.63) is 35.0 Å². The molecule has 1 N–H and O–H groups in total. The van der Waals surface area contributed by atoms with Crippen LogP contribution in [0.3, 0.4) is 0 Å². The van der Waals surface area contributed by atoms with E-state index in [-0.39, 0.29) is 17.1 Å². The largest absolute Gasteiger partial charge is 0.376 e. The van der Waals surface area contributed by atoms with Crippen LogP contribution in [-0.4, -0.2) is 52.2 Å². The van der Waals surface area contributed by atoms with Gasteiger partial charge in [0.15, 0.2) is 0 Å². The van der Waals surface area contributed by atoms with Gasteiger partial charge in [-0.25, -0.2) is 9.97 Å². The first kappa shape index (κ1) is 16.7. The number of hydrogen-bond acceptors (Lipinski definition) is 7. The number of aromatic nitrogens is 3. The minimum Gasteiger partial charge on any atom is -0.376 e. The number of fused-ring (bicyclic) bond motifs is 2. The summed E-state index contributed by atoms with van der Waals surface area (Å²) in [4.78, 5) is 24.0. The smallest absolute Gasteiger partial charge is 0.292 e. The maximum Gasteiger partial charge on any atom is 0.292 e. The molecule has 3 aliphatic rings. The first-order valence-electron chi connectivity index (χ1n) is 9.54. The minimum atomic E-state index is -0.285. The number of ether oxygens (including phenoxy) is 1. The summed E-state index contributed by atoms with van der Waals surface area (Å²) in [5.74, 6) is 1.59. The fourth-order valence-electron chi connectivity index (χ4n) is 4.10. The molecule has 27 heavy (non-hydrogen) atoms. The lowest BCUT2D eigenvalue weighted by Gasteiger charge is -2.35. The van der Waals surface area contributed by atoms with Crippen LogP contribution in [0, 0.1) is 12.8 Å². The highest BCUT2D eigenvalue weighted by molar-refractivity contribution is 5.91. The van der Waals surface area contributed by atoms with E-state index >= 15 is 0 Å². The van der Waals surface area contributed by atoms with Crippen molar-refractivity contribution >= 4 is 11.9 Å². The van der Waals surface area contributed by atoms with Gasteiger partial charge in [0.25, 0.3) is 5.91 Å². The summed E-state index contributed by atoms with van der Waals surface area (Å²) < 4.78 is 11.0. The molecule has 0 aromatic carbocycles. The molecule has 2 aliphatic heterocycles. The standard InChI is InChI=1S/C19H23N5O3/c1-12-14-9-26-11-19(16(14)23-18(22-12)20-8-13-2-3-13)5-7-24(10-19)17(25)15-4-6-21-27-15/h4,6,13H,2-3,5,7-11H2,1H3,(H,20,22,23)/t19-/m0/s1. The van der Waals surface area contributed by atoms with Crippen LogP contribution in [0.1, 0.15) is 46.8 Å². The van der Waals surface area contributed by atoms with Crippen molar-refractivity contribution in [2.45, 2.75) is 38.2 Å². The third-order valence-corrected chi connectivity index (χ3v) is 5.88. The first-order chi connectivity index (χ1) is 13.1. The van der Waals surface area contributed by atoms with Crippen molar-refractivity contribution in [3.8, 4) is 0 Å². The van der Waals surface area contributed by atoms with Gasteiger partial charge >= 0.3 is 0 Å². The Balaban J connectivity index is 1.43. The number of nitrogens with zero attached hydrogens (tertiary/aromatic N) is 4. The second kappa shape index (κ2) is 6.30. The number of carbonyl (C=O) groups is 1. The Morgan fingerprint density at radius 3 is 3.07 bits per heavy atom. The lowest BCUT2D eigenvalue weighted by molar-refractivity contribution is 0.0473. The Kier molecular flexibility index (Phi) is 3.89. The van der Waals surface area contributed by atoms with Crippen molar-refractivity contribution in [1.82, 2.24) is 20.0 Å². The third kappa shape index (κ3) is 2.97. The number of nitrogens with one attached hydrogen (secondary N) is 1. The fourth-order valence-corrected chi connectivity index (χ4v) is 4.10. The monoisotopic (exact) mass is 369 g/mol. The van der Waals surface area contributed by atoms with Gasteiger partial charge in [0, 0.05) is 37.0 Å². The van der Waals surface area contributed by atoms with Gasteiger partial charge in [0.05, 0.1) is 30.5 Å². The normalized spacial score (nSPS) is 24.3. The molecule has 5 rings (SSSR count). The zero-order valence-electron chi connectivity index (χ0n) is 15.4. The molecule has 0 radical (unpaired) electrons. The maximum absolute atomic E-state index is 12.7. The van der Waals surface area contributed by atoms with Gasteiger partial charge in [0.1, 0.15) is 0 Å². The Labute approximate surface area is 157 Å². The van der Waals surface area contributed by atoms with E-state index in [1.165, 1.54) is 19.0 Å². The minimum absolute atomic E-state index is 0.130. The highest BCUT2D eigenvalue weighted by Crippen LogP contribution is 2.40. The van der Waals surface area contributed by atoms with Gasteiger partial charge in [-0.3, -0.25) is 4.79 Å². The van der Waals surface area contributed by atoms with Crippen LogP contribution in [0.4, 0.5) is 5.95 Å². The van der Waals surface area contributed by atoms with Crippen molar-refractivity contribution < 1.29 is 14.1 Å². The molecule has 0 unspecified atom stereocenters. The molecule has 8 heteroatoms. The second-order valence-electron chi connectivity index (χ2n) is 7.91. The zero-order chi connectivity index (χ0) is 18.4. The van der Waals surface area contributed by atoms with Crippen LogP contribution in [0.25, 0.3) is 0 Å². The molecule has 0 bridgehead atoms. The summed E-state index contributed by atoms with van der Waals surface area (Å²) in [6.07, 6.45) is 4.88. The first-order valence-corrected chi connectivity index (χ1v) is 9.54. The Morgan fingerprint density at radius 1 is 1.41 bits per heavy atom. The third-order valence-electron chi connectivity index (χ3n) is 5.88. The van der Waals surface area contributed by atoms with Crippen LogP contribution in [0.5, 0.6) is 0 Å². The highest BCUT2D eigenvalue weighted by atomic mass is 16.5. The van der Waals surface area contributed by atoms with Crippen LogP contribution in [0.2, 0.25) is 0 Å². The molecular weight excluding hydrogens is 346 g/mol. The molecule has 1 saturated carbocycles. The highest BCUT2D eigenvalue weighted by Gasteiger charge is 2.47. The number of anilines is 1. The Hall–Kier alpha value is -2.48. The predicted molar refractivity (Wildman–Crippen MR) is 96.3 cm³/mol. The molecule has 1 aliphatic carbocycles. The zero-order valence-corrected chi connectivity index (χ0v) is 15.4. The molecule has 4 heterocycles. The molecule has 8 nitrogen and oxygen atoms in total. The van der Waals surface area contributed by atoms with E-state index in [1.54, 1.807) is 6.07 Å². The van der Waals surface area contributed by atoms with Crippen LogP contribution >= 0.6 is 0 Å². The topological polar surface area (TPSA) is 93.4 Å². The summed E-state index contributed by atoms with van der Waals surface area (Å²) in [5.41, 5.74) is 2.77. The van der Waals surface area contributed by atoms with Crippen LogP contribution < -0.4 is 5.32 Å². The summed E-state index contributed by atoms with van der Waals surface area (Å²) >= 11 is 0. The molecule has 2 aromatic rings. The van der Waals surface area contributed by atoms with Crippen molar-refractivity contribution in [1.29, 1.82) is 0 Å². The number of likely N-dealkylation sites (tertiary alicyclic amines) is 1. The molecule has 142 valence electrons. The molecule has 1 atom stereocenters. The van der Waals surface area contributed by atoms with Gasteiger partial charge in [-0.15, -0.1) is 0 Å². The van der Waals surface area contributed by atoms with Gasteiger partial charge < -0.3 is 19.5 Å². The summed E-state index contributed by atoms with van der Waals surface area (Å²) in [6.45, 7) is 5.25. The molecular formula is C19H23N5O3. The number of hydrogen-bond donors (Lipinski definition) is 1. The molecule has 1 saturated heterocycles. The van der Waals surface area contributed by atoms with E-state index in [9.17, 15) is 4.79 Å². The van der Waals surface area contributed by atoms with E-state index in [1.807, 2.05) is 11.8 Å². The number of rotatable bonds is 4. The SMILES string of the molecule is Cc1nc(NCC2CC2)nc2c1COC[C@@]21CCN(C(=O)c2ccno2)C1. The van der Waals surface area contributed by atoms with Gasteiger partial charge in [-0.05, 0) is 32.1 Å². The second-order valence-corrected chi connectivity index (χ2v) is 7.91. The van der Waals surface area contributed by atoms with E-state index in [0.29, 0.717) is 32.3 Å². The molecule has 1 amide bonds. The van der Waals surface area contributed by atoms with Crippen LogP contribution in [0.15, 0.2) is 16.8 Å². The van der Waals surface area contributed by atoms with Crippen molar-refractivity contribution in [3.63, 3.8) is 0 Å². The molecule has 2 aromatic heterocycles. The number of amides is 1. The van der Waals surface area contributed by atoms with E-state index < -0.39 is 0 Å². The lowest BCUT2D eigenvalue weighted by atomic mass is 9.80.